The summed E-state index contributed by atoms with van der Waals surface area (Å²) >= 11 is 5.91. The molecule has 1 aromatic carbocycles. The molecule has 0 aliphatic carbocycles. The summed E-state index contributed by atoms with van der Waals surface area (Å²) in [5, 5.41) is 9.26. The predicted octanol–water partition coefficient (Wildman–Crippen LogP) is 2.88. The number of halogens is 1. The Bertz CT molecular complexity index is 635. The Morgan fingerprint density at radius 1 is 1.24 bits per heavy atom. The van der Waals surface area contributed by atoms with E-state index in [0.29, 0.717) is 12.2 Å². The summed E-state index contributed by atoms with van der Waals surface area (Å²) in [6.07, 6.45) is 1.51. The Morgan fingerprint density at radius 2 is 1.90 bits per heavy atom. The van der Waals surface area contributed by atoms with Crippen LogP contribution in [0.25, 0.3) is 0 Å². The molecule has 0 aliphatic rings. The number of hydrogen-bond acceptors (Lipinski definition) is 4. The van der Waals surface area contributed by atoms with Crippen LogP contribution in [0.2, 0.25) is 5.02 Å². The molecule has 0 unspecified atom stereocenters. The van der Waals surface area contributed by atoms with Crippen LogP contribution in [0, 0.1) is 0 Å². The molecule has 2 rings (SSSR count). The van der Waals surface area contributed by atoms with E-state index in [4.69, 9.17) is 11.6 Å². The van der Waals surface area contributed by atoms with E-state index in [9.17, 15) is 4.79 Å². The Hall–Kier alpha value is -2.01. The number of nitrogens with one attached hydrogen (secondary N) is 2. The van der Waals surface area contributed by atoms with Crippen LogP contribution in [0.4, 0.5) is 11.4 Å². The van der Waals surface area contributed by atoms with Crippen molar-refractivity contribution in [2.24, 2.45) is 0 Å². The molecule has 0 radical (unpaired) electrons. The molecule has 2 aromatic rings. The highest BCUT2D eigenvalue weighted by molar-refractivity contribution is 6.32. The van der Waals surface area contributed by atoms with Crippen molar-refractivity contribution in [1.82, 2.24) is 10.2 Å². The van der Waals surface area contributed by atoms with Crippen LogP contribution in [0.1, 0.15) is 19.4 Å². The summed E-state index contributed by atoms with van der Waals surface area (Å²) in [7, 11) is 0. The average Bonchev–Trinajstić information content (AvgIpc) is 2.51. The standard InChI is InChI=1S/C15H19ClN4O/c1-3-20(4-2)12-7-5-11(6-8-12)9-17-13-10-18-19-15(21)14(13)16/h5-8,10H,3-4,9H2,1-2H3,(H2,17,19,21). The fraction of sp³-hybridized carbons (Fsp3) is 0.333. The lowest BCUT2D eigenvalue weighted by Crippen LogP contribution is -2.21. The van der Waals surface area contributed by atoms with Crippen molar-refractivity contribution in [2.45, 2.75) is 20.4 Å². The average molecular weight is 307 g/mol. The predicted molar refractivity (Wildman–Crippen MR) is 87.2 cm³/mol. The Morgan fingerprint density at radius 3 is 2.52 bits per heavy atom. The van der Waals surface area contributed by atoms with Gasteiger partial charge in [0, 0.05) is 25.3 Å². The fourth-order valence-electron chi connectivity index (χ4n) is 2.12. The molecule has 2 N–H and O–H groups in total. The molecule has 0 spiro atoms. The first kappa shape index (κ1) is 15.4. The third-order valence-electron chi connectivity index (χ3n) is 3.34. The van der Waals surface area contributed by atoms with Crippen LogP contribution in [0.3, 0.4) is 0 Å². The minimum atomic E-state index is -0.390. The molecule has 0 aliphatic heterocycles. The zero-order valence-corrected chi connectivity index (χ0v) is 12.9. The maximum absolute atomic E-state index is 11.3. The van der Waals surface area contributed by atoms with E-state index in [1.807, 2.05) is 0 Å². The van der Waals surface area contributed by atoms with E-state index in [2.05, 4.69) is 58.5 Å². The zero-order chi connectivity index (χ0) is 15.2. The molecule has 0 saturated carbocycles. The smallest absolute Gasteiger partial charge is 0.285 e. The van der Waals surface area contributed by atoms with E-state index in [1.54, 1.807) is 0 Å². The van der Waals surface area contributed by atoms with Crippen molar-refractivity contribution in [2.75, 3.05) is 23.3 Å². The van der Waals surface area contributed by atoms with Crippen LogP contribution >= 0.6 is 11.6 Å². The van der Waals surface area contributed by atoms with E-state index >= 15 is 0 Å². The Kier molecular flexibility index (Phi) is 5.22. The molecule has 112 valence electrons. The van der Waals surface area contributed by atoms with Crippen LogP contribution in [-0.4, -0.2) is 23.3 Å². The number of hydrogen-bond donors (Lipinski definition) is 2. The lowest BCUT2D eigenvalue weighted by Gasteiger charge is -2.21. The molecule has 0 fully saturated rings. The van der Waals surface area contributed by atoms with Gasteiger partial charge in [-0.2, -0.15) is 5.10 Å². The van der Waals surface area contributed by atoms with Crippen molar-refractivity contribution < 1.29 is 0 Å². The van der Waals surface area contributed by atoms with Gasteiger partial charge in [-0.1, -0.05) is 23.7 Å². The van der Waals surface area contributed by atoms with Crippen LogP contribution in [0.5, 0.6) is 0 Å². The number of anilines is 2. The fourth-order valence-corrected chi connectivity index (χ4v) is 2.28. The highest BCUT2D eigenvalue weighted by Gasteiger charge is 2.05. The number of benzene rings is 1. The van der Waals surface area contributed by atoms with Gasteiger partial charge in [-0.3, -0.25) is 4.79 Å². The molecule has 0 atom stereocenters. The maximum Gasteiger partial charge on any atom is 0.285 e. The quantitative estimate of drug-likeness (QED) is 0.861. The highest BCUT2D eigenvalue weighted by atomic mass is 35.5. The summed E-state index contributed by atoms with van der Waals surface area (Å²) < 4.78 is 0. The Labute approximate surface area is 128 Å². The second-order valence-corrected chi connectivity index (χ2v) is 5.00. The lowest BCUT2D eigenvalue weighted by atomic mass is 10.2. The molecule has 0 saturated heterocycles. The van der Waals surface area contributed by atoms with Crippen LogP contribution < -0.4 is 15.8 Å². The molecule has 6 heteroatoms. The van der Waals surface area contributed by atoms with Gasteiger partial charge >= 0.3 is 0 Å². The molecule has 1 aromatic heterocycles. The number of aromatic amines is 1. The minimum absolute atomic E-state index is 0.129. The molecule has 5 nitrogen and oxygen atoms in total. The van der Waals surface area contributed by atoms with Crippen molar-refractivity contribution in [3.05, 3.63) is 51.4 Å². The van der Waals surface area contributed by atoms with Gasteiger partial charge in [0.25, 0.3) is 5.56 Å². The normalized spacial score (nSPS) is 10.4. The third-order valence-corrected chi connectivity index (χ3v) is 3.72. The molecule has 21 heavy (non-hydrogen) atoms. The summed E-state index contributed by atoms with van der Waals surface area (Å²) in [4.78, 5) is 13.6. The van der Waals surface area contributed by atoms with Gasteiger partial charge in [-0.15, -0.1) is 0 Å². The van der Waals surface area contributed by atoms with Gasteiger partial charge in [0.05, 0.1) is 11.9 Å². The summed E-state index contributed by atoms with van der Waals surface area (Å²) in [6, 6.07) is 8.33. The summed E-state index contributed by atoms with van der Waals surface area (Å²) in [5.74, 6) is 0. The number of H-pyrrole nitrogens is 1. The van der Waals surface area contributed by atoms with E-state index in [1.165, 1.54) is 11.9 Å². The van der Waals surface area contributed by atoms with Gasteiger partial charge < -0.3 is 10.2 Å². The van der Waals surface area contributed by atoms with Gasteiger partial charge in [-0.05, 0) is 31.5 Å². The second kappa shape index (κ2) is 7.13. The van der Waals surface area contributed by atoms with Crippen molar-refractivity contribution in [3.8, 4) is 0 Å². The van der Waals surface area contributed by atoms with E-state index in [0.717, 1.165) is 18.7 Å². The van der Waals surface area contributed by atoms with Crippen LogP contribution in [-0.2, 0) is 6.54 Å². The van der Waals surface area contributed by atoms with E-state index in [-0.39, 0.29) is 5.02 Å². The van der Waals surface area contributed by atoms with Gasteiger partial charge in [0.2, 0.25) is 0 Å². The first-order chi connectivity index (χ1) is 10.2. The maximum atomic E-state index is 11.3. The van der Waals surface area contributed by atoms with Crippen LogP contribution in [0.15, 0.2) is 35.3 Å². The summed E-state index contributed by atoms with van der Waals surface area (Å²) in [6.45, 7) is 6.84. The number of aromatic nitrogens is 2. The third kappa shape index (κ3) is 3.76. The molecule has 1 heterocycles. The van der Waals surface area contributed by atoms with Crippen molar-refractivity contribution in [1.29, 1.82) is 0 Å². The van der Waals surface area contributed by atoms with Gasteiger partial charge in [0.15, 0.2) is 0 Å². The molecule has 0 amide bonds. The van der Waals surface area contributed by atoms with E-state index < -0.39 is 5.56 Å². The zero-order valence-electron chi connectivity index (χ0n) is 12.2. The van der Waals surface area contributed by atoms with Crippen molar-refractivity contribution in [3.63, 3.8) is 0 Å². The van der Waals surface area contributed by atoms with Gasteiger partial charge in [-0.25, -0.2) is 5.10 Å². The second-order valence-electron chi connectivity index (χ2n) is 4.62. The minimum Gasteiger partial charge on any atom is -0.378 e. The largest absolute Gasteiger partial charge is 0.378 e. The highest BCUT2D eigenvalue weighted by Crippen LogP contribution is 2.18. The Balaban J connectivity index is 2.04. The number of rotatable bonds is 6. The first-order valence-corrected chi connectivity index (χ1v) is 7.34. The van der Waals surface area contributed by atoms with Crippen molar-refractivity contribution >= 4 is 23.0 Å². The topological polar surface area (TPSA) is 61.0 Å². The SMILES string of the molecule is CCN(CC)c1ccc(CNc2cn[nH]c(=O)c2Cl)cc1. The first-order valence-electron chi connectivity index (χ1n) is 6.96. The molecular formula is C15H19ClN4O. The van der Waals surface area contributed by atoms with Gasteiger partial charge in [0.1, 0.15) is 5.02 Å². The summed E-state index contributed by atoms with van der Waals surface area (Å²) in [5.41, 5.74) is 2.47. The lowest BCUT2D eigenvalue weighted by molar-refractivity contribution is 0.865. The monoisotopic (exact) mass is 306 g/mol. The molecular weight excluding hydrogens is 288 g/mol. The number of nitrogens with zero attached hydrogens (tertiary/aromatic N) is 2. The molecule has 0 bridgehead atoms.